The van der Waals surface area contributed by atoms with Gasteiger partial charge >= 0.3 is 5.97 Å². The Bertz CT molecular complexity index is 1190. The first-order valence-corrected chi connectivity index (χ1v) is 12.9. The summed E-state index contributed by atoms with van der Waals surface area (Å²) in [5, 5.41) is 17.4. The molecule has 8 nitrogen and oxygen atoms in total. The van der Waals surface area contributed by atoms with Crippen molar-refractivity contribution < 1.29 is 19.4 Å². The molecular weight excluding hydrogens is 468 g/mol. The van der Waals surface area contributed by atoms with Gasteiger partial charge in [0.2, 0.25) is 0 Å². The fraction of sp³-hybridized carbons (Fsp3) is 0.414. The number of carboxylic acid groups (broad SMARTS) is 1. The highest BCUT2D eigenvalue weighted by molar-refractivity contribution is 5.94. The maximum Gasteiger partial charge on any atom is 0.305 e. The minimum atomic E-state index is -0.924. The van der Waals surface area contributed by atoms with Crippen LogP contribution in [-0.2, 0) is 11.2 Å². The van der Waals surface area contributed by atoms with E-state index < -0.39 is 5.97 Å². The first-order valence-electron chi connectivity index (χ1n) is 12.9. The summed E-state index contributed by atoms with van der Waals surface area (Å²) in [5.41, 5.74) is 4.56. The molecular formula is C29H38N4O4. The lowest BCUT2D eigenvalue weighted by Gasteiger charge is -2.22. The van der Waals surface area contributed by atoms with E-state index in [9.17, 15) is 9.59 Å². The van der Waals surface area contributed by atoms with Crippen LogP contribution in [0.25, 0.3) is 5.69 Å². The summed E-state index contributed by atoms with van der Waals surface area (Å²) in [6, 6.07) is 15.3. The zero-order valence-electron chi connectivity index (χ0n) is 22.4. The Balaban J connectivity index is 1.83. The highest BCUT2D eigenvalue weighted by atomic mass is 16.5. The smallest absolute Gasteiger partial charge is 0.305 e. The van der Waals surface area contributed by atoms with Gasteiger partial charge in [-0.1, -0.05) is 26.8 Å². The number of benzene rings is 2. The van der Waals surface area contributed by atoms with Gasteiger partial charge in [0.05, 0.1) is 30.5 Å². The van der Waals surface area contributed by atoms with Gasteiger partial charge in [-0.15, -0.1) is 0 Å². The predicted octanol–water partition coefficient (Wildman–Crippen LogP) is 5.58. The average molecular weight is 507 g/mol. The molecule has 0 aliphatic heterocycles. The van der Waals surface area contributed by atoms with E-state index in [1.54, 1.807) is 19.2 Å². The van der Waals surface area contributed by atoms with Gasteiger partial charge in [0.25, 0.3) is 5.91 Å². The molecule has 1 aromatic heterocycles. The van der Waals surface area contributed by atoms with Gasteiger partial charge in [-0.25, -0.2) is 4.68 Å². The minimum Gasteiger partial charge on any atom is -0.494 e. The summed E-state index contributed by atoms with van der Waals surface area (Å²) >= 11 is 0. The Kier molecular flexibility index (Phi) is 9.71. The van der Waals surface area contributed by atoms with Crippen molar-refractivity contribution >= 4 is 17.6 Å². The molecule has 1 atom stereocenters. The van der Waals surface area contributed by atoms with Crippen molar-refractivity contribution in [1.82, 2.24) is 14.7 Å². The van der Waals surface area contributed by atoms with Gasteiger partial charge in [-0.05, 0) is 62.1 Å². The summed E-state index contributed by atoms with van der Waals surface area (Å²) in [7, 11) is 1.62. The van der Waals surface area contributed by atoms with Crippen molar-refractivity contribution in [2.24, 2.45) is 5.92 Å². The minimum absolute atomic E-state index is 0.0403. The van der Waals surface area contributed by atoms with E-state index in [-0.39, 0.29) is 24.9 Å². The van der Waals surface area contributed by atoms with Crippen LogP contribution in [-0.4, -0.2) is 51.9 Å². The highest BCUT2D eigenvalue weighted by Gasteiger charge is 2.21. The van der Waals surface area contributed by atoms with Crippen molar-refractivity contribution in [1.29, 1.82) is 0 Å². The van der Waals surface area contributed by atoms with E-state index in [4.69, 9.17) is 14.9 Å². The monoisotopic (exact) mass is 506 g/mol. The summed E-state index contributed by atoms with van der Waals surface area (Å²) in [4.78, 5) is 24.9. The van der Waals surface area contributed by atoms with Crippen LogP contribution in [0, 0.1) is 5.92 Å². The number of nitrogens with one attached hydrogen (secondary N) is 1. The molecule has 0 saturated carbocycles. The third kappa shape index (κ3) is 7.59. The number of hydrogen-bond donors (Lipinski definition) is 2. The van der Waals surface area contributed by atoms with Crippen molar-refractivity contribution in [3.63, 3.8) is 0 Å². The number of amides is 1. The number of carboxylic acids is 1. The van der Waals surface area contributed by atoms with Crippen molar-refractivity contribution in [2.45, 2.75) is 53.0 Å². The van der Waals surface area contributed by atoms with Gasteiger partial charge in [0, 0.05) is 42.7 Å². The maximum absolute atomic E-state index is 12.6. The third-order valence-electron chi connectivity index (χ3n) is 6.11. The number of aromatic nitrogens is 2. The van der Waals surface area contributed by atoms with E-state index in [0.29, 0.717) is 18.1 Å². The van der Waals surface area contributed by atoms with Crippen LogP contribution in [0.4, 0.5) is 5.69 Å². The zero-order valence-corrected chi connectivity index (χ0v) is 22.4. The second-order valence-corrected chi connectivity index (χ2v) is 9.53. The van der Waals surface area contributed by atoms with Gasteiger partial charge in [0.1, 0.15) is 5.75 Å². The molecule has 3 rings (SSSR count). The standard InChI is InChI=1S/C29H38N4O4/c1-6-26-25(19-33(31-26)23-9-8-10-24(18-23)37-7-2)27(17-20(3)4)30-22-13-11-21(12-14-22)29(36)32(5)16-15-28(34)35/h8-14,18-20,27,30H,6-7,15-17H2,1-5H3,(H,34,35). The van der Waals surface area contributed by atoms with Crippen molar-refractivity contribution in [3.05, 3.63) is 71.5 Å². The SMILES string of the molecule is CCOc1cccc(-n2cc(C(CC(C)C)Nc3ccc(C(=O)N(C)CCC(=O)O)cc3)c(CC)n2)c1. The van der Waals surface area contributed by atoms with E-state index in [1.165, 1.54) is 4.90 Å². The van der Waals surface area contributed by atoms with Crippen LogP contribution in [0.2, 0.25) is 0 Å². The Hall–Kier alpha value is -3.81. The van der Waals surface area contributed by atoms with E-state index in [0.717, 1.165) is 41.2 Å². The molecule has 2 N–H and O–H groups in total. The number of carbonyl (C=O) groups excluding carboxylic acids is 1. The normalized spacial score (nSPS) is 11.8. The molecule has 198 valence electrons. The molecule has 8 heteroatoms. The molecule has 0 saturated heterocycles. The van der Waals surface area contributed by atoms with E-state index in [2.05, 4.69) is 32.3 Å². The first kappa shape index (κ1) is 27.8. The number of aliphatic carboxylic acids is 1. The largest absolute Gasteiger partial charge is 0.494 e. The summed E-state index contributed by atoms with van der Waals surface area (Å²) < 4.78 is 7.59. The molecule has 37 heavy (non-hydrogen) atoms. The highest BCUT2D eigenvalue weighted by Crippen LogP contribution is 2.30. The molecule has 0 aliphatic rings. The average Bonchev–Trinajstić information content (AvgIpc) is 3.32. The quantitative estimate of drug-likeness (QED) is 0.314. The van der Waals surface area contributed by atoms with Gasteiger partial charge in [-0.2, -0.15) is 5.10 Å². The molecule has 0 aliphatic carbocycles. The van der Waals surface area contributed by atoms with Crippen LogP contribution < -0.4 is 10.1 Å². The van der Waals surface area contributed by atoms with Crippen LogP contribution in [0.3, 0.4) is 0 Å². The Morgan fingerprint density at radius 1 is 1.14 bits per heavy atom. The second-order valence-electron chi connectivity index (χ2n) is 9.53. The van der Waals surface area contributed by atoms with Gasteiger partial charge in [0.15, 0.2) is 0 Å². The van der Waals surface area contributed by atoms with Crippen LogP contribution in [0.1, 0.15) is 68.2 Å². The lowest BCUT2D eigenvalue weighted by Crippen LogP contribution is -2.29. The number of anilines is 1. The van der Waals surface area contributed by atoms with Gasteiger partial charge < -0.3 is 20.1 Å². The molecule has 0 radical (unpaired) electrons. The molecule has 0 fully saturated rings. The molecule has 1 unspecified atom stereocenters. The topological polar surface area (TPSA) is 96.7 Å². The predicted molar refractivity (Wildman–Crippen MR) is 146 cm³/mol. The van der Waals surface area contributed by atoms with Crippen molar-refractivity contribution in [3.8, 4) is 11.4 Å². The second kappa shape index (κ2) is 12.9. The lowest BCUT2D eigenvalue weighted by molar-refractivity contribution is -0.137. The molecule has 1 heterocycles. The Morgan fingerprint density at radius 3 is 2.49 bits per heavy atom. The van der Waals surface area contributed by atoms with Crippen LogP contribution in [0.5, 0.6) is 5.75 Å². The number of ether oxygens (including phenoxy) is 1. The molecule has 1 amide bonds. The van der Waals surface area contributed by atoms with Crippen LogP contribution >= 0.6 is 0 Å². The molecule has 2 aromatic carbocycles. The lowest BCUT2D eigenvalue weighted by atomic mass is 9.96. The number of hydrogen-bond acceptors (Lipinski definition) is 5. The zero-order chi connectivity index (χ0) is 26.9. The maximum atomic E-state index is 12.6. The van der Waals surface area contributed by atoms with Crippen LogP contribution in [0.15, 0.2) is 54.7 Å². The van der Waals surface area contributed by atoms with E-state index >= 15 is 0 Å². The summed E-state index contributed by atoms with van der Waals surface area (Å²) in [6.07, 6.45) is 3.73. The number of carbonyl (C=O) groups is 2. The molecule has 3 aromatic rings. The Labute approximate surface area is 219 Å². The molecule has 0 bridgehead atoms. The summed E-state index contributed by atoms with van der Waals surface area (Å²) in [6.45, 7) is 9.26. The van der Waals surface area contributed by atoms with E-state index in [1.807, 2.05) is 48.0 Å². The first-order chi connectivity index (χ1) is 17.7. The van der Waals surface area contributed by atoms with Gasteiger partial charge in [-0.3, -0.25) is 9.59 Å². The molecule has 0 spiro atoms. The van der Waals surface area contributed by atoms with Crippen molar-refractivity contribution in [2.75, 3.05) is 25.5 Å². The Morgan fingerprint density at radius 2 is 1.86 bits per heavy atom. The number of rotatable bonds is 13. The number of aryl methyl sites for hydroxylation is 1. The number of nitrogens with zero attached hydrogens (tertiary/aromatic N) is 3. The fourth-order valence-corrected chi connectivity index (χ4v) is 4.23. The summed E-state index contributed by atoms with van der Waals surface area (Å²) in [5.74, 6) is 0.147. The fourth-order valence-electron chi connectivity index (χ4n) is 4.23. The third-order valence-corrected chi connectivity index (χ3v) is 6.11.